The largest absolute Gasteiger partial charge is 0.391 e. The van der Waals surface area contributed by atoms with E-state index in [0.717, 1.165) is 6.42 Å². The van der Waals surface area contributed by atoms with Crippen LogP contribution in [0.2, 0.25) is 0 Å². The monoisotopic (exact) mass is 271 g/mol. The number of carbonyl (C=O) groups excluding carboxylic acids is 1. The zero-order valence-electron chi connectivity index (χ0n) is 12.6. The van der Waals surface area contributed by atoms with E-state index in [2.05, 4.69) is 19.2 Å². The Bertz CT molecular complexity index is 279. The van der Waals surface area contributed by atoms with Gasteiger partial charge in [0.1, 0.15) is 0 Å². The lowest BCUT2D eigenvalue weighted by molar-refractivity contribution is -0.123. The molecule has 0 aromatic carbocycles. The first kappa shape index (κ1) is 16.4. The van der Waals surface area contributed by atoms with Gasteiger partial charge in [-0.2, -0.15) is 0 Å². The summed E-state index contributed by atoms with van der Waals surface area (Å²) in [5.41, 5.74) is 0.283. The van der Waals surface area contributed by atoms with Crippen molar-refractivity contribution < 1.29 is 14.6 Å². The number of amides is 1. The maximum atomic E-state index is 11.9. The Morgan fingerprint density at radius 1 is 1.47 bits per heavy atom. The van der Waals surface area contributed by atoms with Gasteiger partial charge >= 0.3 is 0 Å². The lowest BCUT2D eigenvalue weighted by Gasteiger charge is -2.38. The molecule has 0 spiro atoms. The van der Waals surface area contributed by atoms with E-state index in [-0.39, 0.29) is 11.3 Å². The molecule has 1 fully saturated rings. The van der Waals surface area contributed by atoms with E-state index in [1.807, 2.05) is 0 Å². The van der Waals surface area contributed by atoms with Crippen LogP contribution in [0.1, 0.15) is 52.4 Å². The molecule has 2 unspecified atom stereocenters. The number of nitrogens with one attached hydrogen (secondary N) is 1. The molecule has 0 saturated heterocycles. The van der Waals surface area contributed by atoms with E-state index in [4.69, 9.17) is 4.74 Å². The molecule has 19 heavy (non-hydrogen) atoms. The van der Waals surface area contributed by atoms with E-state index in [9.17, 15) is 9.90 Å². The minimum atomic E-state index is -0.489. The molecular weight excluding hydrogens is 242 g/mol. The maximum Gasteiger partial charge on any atom is 0.220 e. The fourth-order valence-corrected chi connectivity index (χ4v) is 2.89. The average Bonchev–Trinajstić information content (AvgIpc) is 2.32. The summed E-state index contributed by atoms with van der Waals surface area (Å²) in [6, 6.07) is 0. The topological polar surface area (TPSA) is 58.6 Å². The zero-order chi connectivity index (χ0) is 14.3. The summed E-state index contributed by atoms with van der Waals surface area (Å²) in [6.07, 6.45) is 5.59. The van der Waals surface area contributed by atoms with E-state index < -0.39 is 6.10 Å². The number of hydrogen-bond donors (Lipinski definition) is 2. The Morgan fingerprint density at radius 2 is 2.21 bits per heavy atom. The predicted molar refractivity (Wildman–Crippen MR) is 75.9 cm³/mol. The van der Waals surface area contributed by atoms with Crippen LogP contribution in [0.5, 0.6) is 0 Å². The number of methoxy groups -OCH3 is 1. The van der Waals surface area contributed by atoms with Crippen molar-refractivity contribution in [3.63, 3.8) is 0 Å². The number of hydrogen-bond acceptors (Lipinski definition) is 3. The molecule has 1 aliphatic rings. The molecule has 4 nitrogen and oxygen atoms in total. The van der Waals surface area contributed by atoms with Crippen molar-refractivity contribution >= 4 is 5.91 Å². The van der Waals surface area contributed by atoms with Crippen molar-refractivity contribution in [2.45, 2.75) is 58.5 Å². The first-order valence-electron chi connectivity index (χ1n) is 7.39. The van der Waals surface area contributed by atoms with Gasteiger partial charge in [-0.3, -0.25) is 4.79 Å². The highest BCUT2D eigenvalue weighted by molar-refractivity contribution is 5.76. The molecule has 1 saturated carbocycles. The fourth-order valence-electron chi connectivity index (χ4n) is 2.89. The van der Waals surface area contributed by atoms with Crippen LogP contribution in [0, 0.1) is 11.3 Å². The SMILES string of the molecule is COCC(O)CCNC(=O)CC1CCCCC1(C)C. The minimum absolute atomic E-state index is 0.115. The Kier molecular flexibility index (Phi) is 6.80. The quantitative estimate of drug-likeness (QED) is 0.745. The first-order valence-corrected chi connectivity index (χ1v) is 7.39. The number of aliphatic hydroxyl groups is 1. The fraction of sp³-hybridized carbons (Fsp3) is 0.933. The smallest absolute Gasteiger partial charge is 0.220 e. The molecule has 0 heterocycles. The third-order valence-corrected chi connectivity index (χ3v) is 4.32. The van der Waals surface area contributed by atoms with Gasteiger partial charge in [-0.05, 0) is 30.6 Å². The third kappa shape index (κ3) is 5.91. The highest BCUT2D eigenvalue weighted by Gasteiger charge is 2.33. The first-order chi connectivity index (χ1) is 8.95. The molecule has 0 bridgehead atoms. The van der Waals surface area contributed by atoms with Crippen molar-refractivity contribution in [1.29, 1.82) is 0 Å². The Balaban J connectivity index is 2.23. The van der Waals surface area contributed by atoms with Crippen molar-refractivity contribution in [1.82, 2.24) is 5.32 Å². The van der Waals surface area contributed by atoms with Crippen LogP contribution in [0.4, 0.5) is 0 Å². The van der Waals surface area contributed by atoms with Crippen molar-refractivity contribution in [3.05, 3.63) is 0 Å². The van der Waals surface area contributed by atoms with Crippen molar-refractivity contribution in [2.75, 3.05) is 20.3 Å². The Hall–Kier alpha value is -0.610. The van der Waals surface area contributed by atoms with Gasteiger partial charge in [-0.15, -0.1) is 0 Å². The summed E-state index contributed by atoms with van der Waals surface area (Å²) >= 11 is 0. The van der Waals surface area contributed by atoms with Crippen LogP contribution in [0.25, 0.3) is 0 Å². The molecule has 0 aliphatic heterocycles. The molecule has 1 rings (SSSR count). The van der Waals surface area contributed by atoms with Crippen molar-refractivity contribution in [2.24, 2.45) is 11.3 Å². The number of carbonyl (C=O) groups is 1. The molecular formula is C15H29NO3. The highest BCUT2D eigenvalue weighted by Crippen LogP contribution is 2.42. The maximum absolute atomic E-state index is 11.9. The molecule has 0 aromatic rings. The van der Waals surface area contributed by atoms with Crippen molar-refractivity contribution in [3.8, 4) is 0 Å². The normalized spacial score (nSPS) is 23.9. The Morgan fingerprint density at radius 3 is 2.84 bits per heavy atom. The van der Waals surface area contributed by atoms with Crippen LogP contribution < -0.4 is 5.32 Å². The molecule has 4 heteroatoms. The summed E-state index contributed by atoms with van der Waals surface area (Å²) < 4.78 is 4.85. The van der Waals surface area contributed by atoms with Crippen LogP contribution in [-0.2, 0) is 9.53 Å². The molecule has 0 aromatic heterocycles. The lowest BCUT2D eigenvalue weighted by atomic mass is 9.67. The molecule has 112 valence electrons. The van der Waals surface area contributed by atoms with Crippen LogP contribution >= 0.6 is 0 Å². The van der Waals surface area contributed by atoms with Gasteiger partial charge in [-0.1, -0.05) is 26.7 Å². The van der Waals surface area contributed by atoms with Gasteiger partial charge in [0.05, 0.1) is 12.7 Å². The molecule has 1 aliphatic carbocycles. The third-order valence-electron chi connectivity index (χ3n) is 4.32. The minimum Gasteiger partial charge on any atom is -0.391 e. The summed E-state index contributed by atoms with van der Waals surface area (Å²) in [6.45, 7) is 5.39. The summed E-state index contributed by atoms with van der Waals surface area (Å²) in [5, 5.41) is 12.4. The van der Waals surface area contributed by atoms with Gasteiger partial charge in [0, 0.05) is 20.1 Å². The van der Waals surface area contributed by atoms with Gasteiger partial charge in [0.15, 0.2) is 0 Å². The van der Waals surface area contributed by atoms with E-state index in [0.29, 0.717) is 31.9 Å². The average molecular weight is 271 g/mol. The number of aliphatic hydroxyl groups excluding tert-OH is 1. The Labute approximate surface area is 116 Å². The summed E-state index contributed by atoms with van der Waals surface area (Å²) in [7, 11) is 1.56. The predicted octanol–water partition coefficient (Wildman–Crippen LogP) is 2.11. The van der Waals surface area contributed by atoms with Gasteiger partial charge in [0.2, 0.25) is 5.91 Å². The molecule has 2 N–H and O–H groups in total. The summed E-state index contributed by atoms with van der Waals surface area (Å²) in [4.78, 5) is 11.9. The molecule has 0 radical (unpaired) electrons. The van der Waals surface area contributed by atoms with Gasteiger partial charge < -0.3 is 15.2 Å². The van der Waals surface area contributed by atoms with Crippen LogP contribution in [0.15, 0.2) is 0 Å². The number of ether oxygens (including phenoxy) is 1. The van der Waals surface area contributed by atoms with Crippen LogP contribution in [0.3, 0.4) is 0 Å². The lowest BCUT2D eigenvalue weighted by Crippen LogP contribution is -2.35. The second kappa shape index (κ2) is 7.85. The van der Waals surface area contributed by atoms with Crippen LogP contribution in [-0.4, -0.2) is 37.4 Å². The van der Waals surface area contributed by atoms with Gasteiger partial charge in [-0.25, -0.2) is 0 Å². The highest BCUT2D eigenvalue weighted by atomic mass is 16.5. The second-order valence-corrected chi connectivity index (χ2v) is 6.38. The van der Waals surface area contributed by atoms with E-state index >= 15 is 0 Å². The number of rotatable bonds is 7. The zero-order valence-corrected chi connectivity index (χ0v) is 12.6. The van der Waals surface area contributed by atoms with Gasteiger partial charge in [0.25, 0.3) is 0 Å². The van der Waals surface area contributed by atoms with E-state index in [1.54, 1.807) is 7.11 Å². The summed E-state index contributed by atoms with van der Waals surface area (Å²) in [5.74, 6) is 0.606. The molecule has 2 atom stereocenters. The second-order valence-electron chi connectivity index (χ2n) is 6.38. The molecule has 1 amide bonds. The van der Waals surface area contributed by atoms with E-state index in [1.165, 1.54) is 19.3 Å². The standard InChI is InChI=1S/C15H29NO3/c1-15(2)8-5-4-6-12(15)10-14(18)16-9-7-13(17)11-19-3/h12-13,17H,4-11H2,1-3H3,(H,16,18).